The van der Waals surface area contributed by atoms with E-state index >= 15 is 0 Å². The topological polar surface area (TPSA) is 68.2 Å². The third kappa shape index (κ3) is 4.19. The lowest BCUT2D eigenvalue weighted by Crippen LogP contribution is -2.51. The molecule has 1 fully saturated rings. The van der Waals surface area contributed by atoms with E-state index in [2.05, 4.69) is 9.71 Å². The molecule has 6 heteroatoms. The molecule has 1 unspecified atom stereocenters. The maximum absolute atomic E-state index is 13.4. The van der Waals surface area contributed by atoms with Gasteiger partial charge < -0.3 is 9.66 Å². The van der Waals surface area contributed by atoms with Crippen LogP contribution in [0.25, 0.3) is 0 Å². The molecule has 1 saturated carbocycles. The highest BCUT2D eigenvalue weighted by Gasteiger charge is 2.45. The number of halogens is 1. The van der Waals surface area contributed by atoms with Crippen molar-refractivity contribution in [2.75, 3.05) is 0 Å². The van der Waals surface area contributed by atoms with Crippen LogP contribution in [-0.4, -0.2) is 31.2 Å². The number of alkyl halides is 1. The number of pyridine rings is 1. The van der Waals surface area contributed by atoms with Gasteiger partial charge in [-0.3, -0.25) is 4.98 Å². The Labute approximate surface area is 134 Å². The highest BCUT2D eigenvalue weighted by atomic mass is 32.2. The molecule has 1 aromatic rings. The molecule has 4 nitrogen and oxygen atoms in total. The third-order valence-electron chi connectivity index (χ3n) is 4.12. The SMILES string of the molecule is CC(C)(C)[S+]([O-])N[C@@H](c1cccnc1)[C@]1(O)CC[C@H](F)CC1. The summed E-state index contributed by atoms with van der Waals surface area (Å²) in [6.07, 6.45) is 3.82. The first-order valence-corrected chi connectivity index (χ1v) is 8.82. The van der Waals surface area contributed by atoms with E-state index in [-0.39, 0.29) is 0 Å². The minimum Gasteiger partial charge on any atom is -0.598 e. The molecule has 2 atom stereocenters. The van der Waals surface area contributed by atoms with Crippen molar-refractivity contribution in [1.29, 1.82) is 0 Å². The predicted molar refractivity (Wildman–Crippen MR) is 86.3 cm³/mol. The summed E-state index contributed by atoms with van der Waals surface area (Å²) in [6, 6.07) is 3.12. The van der Waals surface area contributed by atoms with Crippen LogP contribution in [0.3, 0.4) is 0 Å². The molecule has 124 valence electrons. The van der Waals surface area contributed by atoms with Crippen molar-refractivity contribution in [2.45, 2.75) is 69.0 Å². The van der Waals surface area contributed by atoms with Gasteiger partial charge in [0.05, 0.1) is 5.60 Å². The van der Waals surface area contributed by atoms with E-state index in [0.29, 0.717) is 25.7 Å². The summed E-state index contributed by atoms with van der Waals surface area (Å²) in [4.78, 5) is 4.09. The number of rotatable bonds is 4. The zero-order chi connectivity index (χ0) is 16.4. The zero-order valence-electron chi connectivity index (χ0n) is 13.4. The van der Waals surface area contributed by atoms with Crippen molar-refractivity contribution in [3.63, 3.8) is 0 Å². The van der Waals surface area contributed by atoms with Crippen LogP contribution in [0.5, 0.6) is 0 Å². The molecule has 1 aromatic heterocycles. The minimum atomic E-state index is -1.34. The van der Waals surface area contributed by atoms with Crippen molar-refractivity contribution in [1.82, 2.24) is 9.71 Å². The van der Waals surface area contributed by atoms with Gasteiger partial charge in [-0.25, -0.2) is 4.39 Å². The number of nitrogens with one attached hydrogen (secondary N) is 1. The fourth-order valence-corrected chi connectivity index (χ4v) is 3.61. The zero-order valence-corrected chi connectivity index (χ0v) is 14.2. The Bertz CT molecular complexity index is 473. The molecule has 0 aromatic carbocycles. The van der Waals surface area contributed by atoms with Crippen molar-refractivity contribution in [3.05, 3.63) is 30.1 Å². The van der Waals surface area contributed by atoms with E-state index in [1.165, 1.54) is 0 Å². The van der Waals surface area contributed by atoms with Gasteiger partial charge in [-0.15, -0.1) is 4.72 Å². The maximum atomic E-state index is 13.4. The van der Waals surface area contributed by atoms with E-state index in [1.54, 1.807) is 18.5 Å². The largest absolute Gasteiger partial charge is 0.598 e. The minimum absolute atomic E-state index is 0.330. The van der Waals surface area contributed by atoms with E-state index < -0.39 is 33.9 Å². The number of hydrogen-bond donors (Lipinski definition) is 2. The first kappa shape index (κ1) is 17.7. The highest BCUT2D eigenvalue weighted by molar-refractivity contribution is 7.90. The Hall–Kier alpha value is -0.690. The first-order valence-electron chi connectivity index (χ1n) is 7.67. The Kier molecular flexibility index (Phi) is 5.48. The van der Waals surface area contributed by atoms with Gasteiger partial charge in [0.15, 0.2) is 0 Å². The van der Waals surface area contributed by atoms with Crippen LogP contribution in [0, 0.1) is 0 Å². The van der Waals surface area contributed by atoms with Crippen LogP contribution >= 0.6 is 0 Å². The van der Waals surface area contributed by atoms with Crippen LogP contribution in [-0.2, 0) is 11.4 Å². The van der Waals surface area contributed by atoms with Crippen molar-refractivity contribution < 1.29 is 14.0 Å². The molecule has 2 rings (SSSR count). The van der Waals surface area contributed by atoms with Crippen molar-refractivity contribution in [2.24, 2.45) is 0 Å². The molecular formula is C16H25FN2O2S. The number of nitrogens with zero attached hydrogens (tertiary/aromatic N) is 1. The molecule has 0 bridgehead atoms. The lowest BCUT2D eigenvalue weighted by Gasteiger charge is -2.41. The average molecular weight is 328 g/mol. The molecule has 22 heavy (non-hydrogen) atoms. The second kappa shape index (κ2) is 6.83. The standard InChI is InChI=1S/C16H25FN2O2S/c1-15(2,3)22(21)19-14(12-5-4-10-18-11-12)16(20)8-6-13(17)7-9-16/h4-5,10-11,13-14,19-20H,6-9H2,1-3H3/t13-,14-,16-,22?/m0/s1. The van der Waals surface area contributed by atoms with Gasteiger partial charge in [-0.2, -0.15) is 0 Å². The fraction of sp³-hybridized carbons (Fsp3) is 0.688. The summed E-state index contributed by atoms with van der Waals surface area (Å²) in [5.41, 5.74) is -0.327. The molecule has 0 aliphatic heterocycles. The van der Waals surface area contributed by atoms with Crippen LogP contribution < -0.4 is 4.72 Å². The van der Waals surface area contributed by atoms with Crippen molar-refractivity contribution >= 4 is 11.4 Å². The molecule has 0 spiro atoms. The molecular weight excluding hydrogens is 303 g/mol. The molecule has 1 aliphatic rings. The summed E-state index contributed by atoms with van der Waals surface area (Å²) in [6.45, 7) is 5.62. The summed E-state index contributed by atoms with van der Waals surface area (Å²) < 4.78 is 28.5. The fourth-order valence-electron chi connectivity index (χ4n) is 2.69. The number of aromatic nitrogens is 1. The second-order valence-corrected chi connectivity index (χ2v) is 8.99. The number of aliphatic hydroxyl groups is 1. The Morgan fingerprint density at radius 3 is 2.59 bits per heavy atom. The molecule has 2 N–H and O–H groups in total. The summed E-state index contributed by atoms with van der Waals surface area (Å²) in [7, 11) is 0. The van der Waals surface area contributed by atoms with Gasteiger partial charge in [-0.1, -0.05) is 6.07 Å². The van der Waals surface area contributed by atoms with E-state index in [1.807, 2.05) is 26.8 Å². The Morgan fingerprint density at radius 2 is 2.09 bits per heavy atom. The third-order valence-corrected chi connectivity index (χ3v) is 5.68. The van der Waals surface area contributed by atoms with Crippen molar-refractivity contribution in [3.8, 4) is 0 Å². The van der Waals surface area contributed by atoms with Gasteiger partial charge in [0.1, 0.15) is 17.0 Å². The normalized spacial score (nSPS) is 29.1. The van der Waals surface area contributed by atoms with Crippen LogP contribution in [0.4, 0.5) is 4.39 Å². The summed E-state index contributed by atoms with van der Waals surface area (Å²) in [5, 5.41) is 11.0. The van der Waals surface area contributed by atoms with E-state index in [9.17, 15) is 14.0 Å². The molecule has 0 amide bonds. The Balaban J connectivity index is 2.26. The molecule has 1 aliphatic carbocycles. The second-order valence-electron chi connectivity index (χ2n) is 7.00. The average Bonchev–Trinajstić information content (AvgIpc) is 2.47. The molecule has 0 saturated heterocycles. The smallest absolute Gasteiger partial charge is 0.136 e. The van der Waals surface area contributed by atoms with Gasteiger partial charge in [0.2, 0.25) is 0 Å². The van der Waals surface area contributed by atoms with Gasteiger partial charge in [0, 0.05) is 23.8 Å². The van der Waals surface area contributed by atoms with Gasteiger partial charge in [-0.05, 0) is 58.1 Å². The summed E-state index contributed by atoms with van der Waals surface area (Å²) >= 11 is -1.34. The lowest BCUT2D eigenvalue weighted by atomic mass is 9.77. The number of hydrogen-bond acceptors (Lipinski definition) is 4. The Morgan fingerprint density at radius 1 is 1.45 bits per heavy atom. The summed E-state index contributed by atoms with van der Waals surface area (Å²) in [5.74, 6) is 0. The quantitative estimate of drug-likeness (QED) is 0.834. The van der Waals surface area contributed by atoms with E-state index in [0.717, 1.165) is 5.56 Å². The van der Waals surface area contributed by atoms with E-state index in [4.69, 9.17) is 0 Å². The molecule has 0 radical (unpaired) electrons. The molecule has 1 heterocycles. The first-order chi connectivity index (χ1) is 10.2. The lowest BCUT2D eigenvalue weighted by molar-refractivity contribution is -0.0409. The highest BCUT2D eigenvalue weighted by Crippen LogP contribution is 2.40. The van der Waals surface area contributed by atoms with Gasteiger partial charge >= 0.3 is 0 Å². The predicted octanol–water partition coefficient (Wildman–Crippen LogP) is 2.82. The van der Waals surface area contributed by atoms with Crippen LogP contribution in [0.15, 0.2) is 24.5 Å². The van der Waals surface area contributed by atoms with Crippen LogP contribution in [0.2, 0.25) is 0 Å². The van der Waals surface area contributed by atoms with Gasteiger partial charge in [0.25, 0.3) is 0 Å². The maximum Gasteiger partial charge on any atom is 0.136 e. The monoisotopic (exact) mass is 328 g/mol. The van der Waals surface area contributed by atoms with Crippen LogP contribution in [0.1, 0.15) is 58.1 Å².